The van der Waals surface area contributed by atoms with Gasteiger partial charge in [0.05, 0.1) is 36.0 Å². The Morgan fingerprint density at radius 2 is 1.97 bits per heavy atom. The Kier molecular flexibility index (Phi) is 6.07. The molecule has 1 N–H and O–H groups in total. The molecular formula is C24H23ClF3N3O3S. The maximum absolute atomic E-state index is 13.2. The van der Waals surface area contributed by atoms with Crippen molar-refractivity contribution in [2.75, 3.05) is 7.11 Å². The van der Waals surface area contributed by atoms with Crippen LogP contribution >= 0.6 is 22.9 Å². The number of amides is 1. The number of alkyl halides is 3. The molecule has 0 unspecified atom stereocenters. The van der Waals surface area contributed by atoms with Crippen molar-refractivity contribution in [3.63, 3.8) is 0 Å². The Balaban J connectivity index is 1.28. The van der Waals surface area contributed by atoms with E-state index in [0.29, 0.717) is 50.0 Å². The molecule has 2 aliphatic carbocycles. The lowest BCUT2D eigenvalue weighted by Gasteiger charge is -2.57. The first-order valence-electron chi connectivity index (χ1n) is 11.2. The quantitative estimate of drug-likeness (QED) is 0.421. The molecular weight excluding hydrogens is 503 g/mol. The average Bonchev–Trinajstić information content (AvgIpc) is 3.39. The lowest BCUT2D eigenvalue weighted by molar-refractivity contribution is -0.145. The van der Waals surface area contributed by atoms with Gasteiger partial charge in [-0.05, 0) is 61.3 Å². The lowest BCUT2D eigenvalue weighted by Crippen LogP contribution is -2.56. The predicted molar refractivity (Wildman–Crippen MR) is 125 cm³/mol. The molecule has 11 heteroatoms. The highest BCUT2D eigenvalue weighted by molar-refractivity contribution is 7.12. The third-order valence-corrected chi connectivity index (χ3v) is 8.50. The number of carbonyl (C=O) groups excluding carboxylic acids is 2. The van der Waals surface area contributed by atoms with Crippen molar-refractivity contribution in [2.45, 2.75) is 50.9 Å². The SMILES string of the molecule is COC(=O)CC1CC2(C1)CC(NC(=O)c1ccc(Cl)c3cnn(Cc4ccc(C(F)(F)F)s4)c13)C2. The van der Waals surface area contributed by atoms with E-state index in [1.807, 2.05) is 0 Å². The zero-order valence-corrected chi connectivity index (χ0v) is 20.4. The normalized spacial score (nSPS) is 23.7. The van der Waals surface area contributed by atoms with Gasteiger partial charge in [-0.25, -0.2) is 0 Å². The highest BCUT2D eigenvalue weighted by Crippen LogP contribution is 2.59. The van der Waals surface area contributed by atoms with Gasteiger partial charge in [0.25, 0.3) is 5.91 Å². The molecule has 0 bridgehead atoms. The topological polar surface area (TPSA) is 73.2 Å². The second-order valence-corrected chi connectivity index (χ2v) is 11.1. The summed E-state index contributed by atoms with van der Waals surface area (Å²) in [6.07, 6.45) is 1.23. The Hall–Kier alpha value is -2.59. The molecule has 1 aromatic carbocycles. The largest absolute Gasteiger partial charge is 0.469 e. The van der Waals surface area contributed by atoms with Crippen LogP contribution in [0.4, 0.5) is 13.2 Å². The first-order valence-corrected chi connectivity index (χ1v) is 12.4. The fourth-order valence-electron chi connectivity index (χ4n) is 5.55. The van der Waals surface area contributed by atoms with Gasteiger partial charge in [0.2, 0.25) is 0 Å². The summed E-state index contributed by atoms with van der Waals surface area (Å²) >= 11 is 6.97. The molecule has 2 heterocycles. The molecule has 0 saturated heterocycles. The van der Waals surface area contributed by atoms with Crippen molar-refractivity contribution in [3.05, 3.63) is 50.8 Å². The van der Waals surface area contributed by atoms with Crippen LogP contribution in [0.5, 0.6) is 0 Å². The number of ether oxygens (including phenoxy) is 1. The molecule has 35 heavy (non-hydrogen) atoms. The van der Waals surface area contributed by atoms with E-state index >= 15 is 0 Å². The number of halogens is 4. The number of nitrogens with one attached hydrogen (secondary N) is 1. The number of methoxy groups -OCH3 is 1. The second-order valence-electron chi connectivity index (χ2n) is 9.56. The van der Waals surface area contributed by atoms with E-state index in [0.717, 1.165) is 31.7 Å². The van der Waals surface area contributed by atoms with Crippen LogP contribution in [0.1, 0.15) is 52.2 Å². The van der Waals surface area contributed by atoms with E-state index in [-0.39, 0.29) is 29.9 Å². The smallest absolute Gasteiger partial charge is 0.425 e. The number of esters is 1. The minimum atomic E-state index is -4.40. The molecule has 2 fully saturated rings. The molecule has 2 aliphatic rings. The molecule has 6 nitrogen and oxygen atoms in total. The van der Waals surface area contributed by atoms with Gasteiger partial charge in [-0.2, -0.15) is 18.3 Å². The fraction of sp³-hybridized carbons (Fsp3) is 0.458. The molecule has 0 atom stereocenters. The first kappa shape index (κ1) is 24.1. The molecule has 1 spiro atoms. The van der Waals surface area contributed by atoms with Crippen LogP contribution in [-0.2, 0) is 22.3 Å². The van der Waals surface area contributed by atoms with Crippen LogP contribution in [-0.4, -0.2) is 34.8 Å². The Bertz CT molecular complexity index is 1290. The minimum Gasteiger partial charge on any atom is -0.469 e. The van der Waals surface area contributed by atoms with Gasteiger partial charge in [0, 0.05) is 22.7 Å². The van der Waals surface area contributed by atoms with Crippen molar-refractivity contribution >= 4 is 45.7 Å². The molecule has 0 radical (unpaired) electrons. The third-order valence-electron chi connectivity index (χ3n) is 7.06. The summed E-state index contributed by atoms with van der Waals surface area (Å²) in [6, 6.07) is 5.76. The molecule has 2 saturated carbocycles. The Labute approximate surface area is 208 Å². The number of hydrogen-bond acceptors (Lipinski definition) is 5. The van der Waals surface area contributed by atoms with E-state index in [4.69, 9.17) is 16.3 Å². The zero-order valence-electron chi connectivity index (χ0n) is 18.8. The maximum atomic E-state index is 13.2. The summed E-state index contributed by atoms with van der Waals surface area (Å²) in [5.41, 5.74) is 1.07. The molecule has 3 aromatic rings. The highest BCUT2D eigenvalue weighted by atomic mass is 35.5. The first-order chi connectivity index (χ1) is 16.6. The number of benzene rings is 1. The summed E-state index contributed by atoms with van der Waals surface area (Å²) in [5, 5.41) is 8.37. The summed E-state index contributed by atoms with van der Waals surface area (Å²) < 4.78 is 45.2. The van der Waals surface area contributed by atoms with Crippen molar-refractivity contribution in [1.82, 2.24) is 15.1 Å². The van der Waals surface area contributed by atoms with E-state index in [9.17, 15) is 22.8 Å². The molecule has 186 valence electrons. The maximum Gasteiger partial charge on any atom is 0.425 e. The number of fused-ring (bicyclic) bond motifs is 1. The minimum absolute atomic E-state index is 0.0373. The molecule has 1 amide bonds. The Morgan fingerprint density at radius 1 is 1.23 bits per heavy atom. The number of nitrogens with zero attached hydrogens (tertiary/aromatic N) is 2. The van der Waals surface area contributed by atoms with Crippen LogP contribution in [0.3, 0.4) is 0 Å². The van der Waals surface area contributed by atoms with Crippen LogP contribution in [0, 0.1) is 11.3 Å². The van der Waals surface area contributed by atoms with Crippen molar-refractivity contribution in [1.29, 1.82) is 0 Å². The second kappa shape index (κ2) is 8.81. The summed E-state index contributed by atoms with van der Waals surface area (Å²) in [6.45, 7) is 0.0962. The van der Waals surface area contributed by atoms with Crippen molar-refractivity contribution in [3.8, 4) is 0 Å². The summed E-state index contributed by atoms with van der Waals surface area (Å²) in [4.78, 5) is 24.4. The number of thiophene rings is 1. The number of rotatable bonds is 6. The lowest BCUT2D eigenvalue weighted by atomic mass is 9.49. The van der Waals surface area contributed by atoms with Gasteiger partial charge in [0.1, 0.15) is 4.88 Å². The van der Waals surface area contributed by atoms with E-state index in [1.54, 1.807) is 12.1 Å². The van der Waals surface area contributed by atoms with Gasteiger partial charge >= 0.3 is 12.1 Å². The van der Waals surface area contributed by atoms with Gasteiger partial charge in [-0.3, -0.25) is 14.3 Å². The number of aromatic nitrogens is 2. The average molecular weight is 526 g/mol. The number of carbonyl (C=O) groups is 2. The molecule has 2 aromatic heterocycles. The monoisotopic (exact) mass is 525 g/mol. The van der Waals surface area contributed by atoms with E-state index in [2.05, 4.69) is 10.4 Å². The van der Waals surface area contributed by atoms with E-state index < -0.39 is 11.1 Å². The van der Waals surface area contributed by atoms with Gasteiger partial charge in [-0.1, -0.05) is 11.6 Å². The van der Waals surface area contributed by atoms with E-state index in [1.165, 1.54) is 24.1 Å². The van der Waals surface area contributed by atoms with Gasteiger partial charge in [0.15, 0.2) is 0 Å². The summed E-state index contributed by atoms with van der Waals surface area (Å²) in [7, 11) is 1.39. The van der Waals surface area contributed by atoms with Crippen molar-refractivity contribution in [2.24, 2.45) is 11.3 Å². The standard InChI is InChI=1S/C24H23ClF3N3O3S/c1-34-20(32)6-13-7-23(8-13)9-14(10-23)30-22(33)16-3-4-18(25)17-11-29-31(21(16)17)12-15-2-5-19(35-15)24(26,27)28/h2-5,11,13-14H,6-10,12H2,1H3,(H,30,33). The molecule has 5 rings (SSSR count). The number of hydrogen-bond donors (Lipinski definition) is 1. The zero-order chi connectivity index (χ0) is 25.0. The van der Waals surface area contributed by atoms with Crippen LogP contribution in [0.15, 0.2) is 30.5 Å². The molecule has 0 aliphatic heterocycles. The van der Waals surface area contributed by atoms with Gasteiger partial charge in [-0.15, -0.1) is 11.3 Å². The fourth-order valence-corrected chi connectivity index (χ4v) is 6.61. The van der Waals surface area contributed by atoms with Crippen LogP contribution < -0.4 is 5.32 Å². The van der Waals surface area contributed by atoms with Crippen molar-refractivity contribution < 1.29 is 27.5 Å². The van der Waals surface area contributed by atoms with Gasteiger partial charge < -0.3 is 10.1 Å². The van der Waals surface area contributed by atoms with Crippen LogP contribution in [0.2, 0.25) is 5.02 Å². The Morgan fingerprint density at radius 3 is 2.63 bits per heavy atom. The summed E-state index contributed by atoms with van der Waals surface area (Å²) in [5.74, 6) is -0.102. The third kappa shape index (κ3) is 4.65. The predicted octanol–water partition coefficient (Wildman–Crippen LogP) is 5.67. The highest BCUT2D eigenvalue weighted by Gasteiger charge is 2.53. The van der Waals surface area contributed by atoms with Crippen LogP contribution in [0.25, 0.3) is 10.9 Å².